The molecule has 0 bridgehead atoms. The van der Waals surface area contributed by atoms with Crippen LogP contribution in [0.4, 0.5) is 10.1 Å². The maximum Gasteiger partial charge on any atom is 0.224 e. The van der Waals surface area contributed by atoms with Crippen LogP contribution >= 0.6 is 0 Å². The molecule has 2 N–H and O–H groups in total. The van der Waals surface area contributed by atoms with E-state index in [0.717, 1.165) is 0 Å². The SMILES string of the molecule is N#Cc1cc(N)c(Oc2ccccc2)n1Cc1ccccc1F. The Balaban J connectivity index is 2.01. The zero-order chi connectivity index (χ0) is 16.2. The predicted octanol–water partition coefficient (Wildman–Crippen LogP) is 3.92. The molecule has 0 aliphatic heterocycles. The van der Waals surface area contributed by atoms with E-state index in [9.17, 15) is 9.65 Å². The summed E-state index contributed by atoms with van der Waals surface area (Å²) in [5, 5.41) is 9.29. The second-order valence-electron chi connectivity index (χ2n) is 4.99. The van der Waals surface area contributed by atoms with E-state index in [0.29, 0.717) is 28.6 Å². The Hall–Kier alpha value is -3.26. The van der Waals surface area contributed by atoms with Gasteiger partial charge in [-0.1, -0.05) is 36.4 Å². The minimum Gasteiger partial charge on any atom is -0.439 e. The summed E-state index contributed by atoms with van der Waals surface area (Å²) in [6.45, 7) is 0.162. The summed E-state index contributed by atoms with van der Waals surface area (Å²) in [5.74, 6) is 0.585. The molecular formula is C18H14FN3O. The van der Waals surface area contributed by atoms with E-state index >= 15 is 0 Å². The first-order valence-corrected chi connectivity index (χ1v) is 7.04. The van der Waals surface area contributed by atoms with E-state index in [1.807, 2.05) is 18.2 Å². The summed E-state index contributed by atoms with van der Waals surface area (Å²) >= 11 is 0. The first-order valence-electron chi connectivity index (χ1n) is 7.04. The van der Waals surface area contributed by atoms with Gasteiger partial charge in [0.2, 0.25) is 5.88 Å². The molecule has 1 aromatic heterocycles. The van der Waals surface area contributed by atoms with Gasteiger partial charge in [0.25, 0.3) is 0 Å². The third kappa shape index (κ3) is 3.01. The molecular weight excluding hydrogens is 293 g/mol. The highest BCUT2D eigenvalue weighted by molar-refractivity contribution is 5.56. The highest BCUT2D eigenvalue weighted by Crippen LogP contribution is 2.32. The van der Waals surface area contributed by atoms with Crippen LogP contribution in [0.5, 0.6) is 11.6 Å². The van der Waals surface area contributed by atoms with Crippen LogP contribution in [0.3, 0.4) is 0 Å². The summed E-state index contributed by atoms with van der Waals surface area (Å²) in [4.78, 5) is 0. The van der Waals surface area contributed by atoms with Crippen molar-refractivity contribution >= 4 is 5.69 Å². The summed E-state index contributed by atoms with van der Waals surface area (Å²) in [6.07, 6.45) is 0. The average Bonchev–Trinajstić information content (AvgIpc) is 2.86. The zero-order valence-electron chi connectivity index (χ0n) is 12.2. The molecule has 4 nitrogen and oxygen atoms in total. The van der Waals surface area contributed by atoms with Crippen LogP contribution in [0.15, 0.2) is 60.7 Å². The molecule has 0 unspecified atom stereocenters. The summed E-state index contributed by atoms with van der Waals surface area (Å²) < 4.78 is 21.3. The zero-order valence-corrected chi connectivity index (χ0v) is 12.2. The predicted molar refractivity (Wildman–Crippen MR) is 85.6 cm³/mol. The number of nitrogens with two attached hydrogens (primary N) is 1. The lowest BCUT2D eigenvalue weighted by molar-refractivity contribution is 0.435. The molecule has 0 aliphatic rings. The topological polar surface area (TPSA) is 64.0 Å². The molecule has 2 aromatic carbocycles. The van der Waals surface area contributed by atoms with Crippen molar-refractivity contribution in [2.24, 2.45) is 0 Å². The second kappa shape index (κ2) is 6.24. The number of anilines is 1. The van der Waals surface area contributed by atoms with E-state index in [4.69, 9.17) is 10.5 Å². The summed E-state index contributed by atoms with van der Waals surface area (Å²) in [5.41, 5.74) is 7.07. The number of aromatic nitrogens is 1. The number of hydrogen-bond acceptors (Lipinski definition) is 3. The molecule has 1 heterocycles. The lowest BCUT2D eigenvalue weighted by atomic mass is 10.2. The number of nitrogen functional groups attached to an aromatic ring is 1. The Bertz CT molecular complexity index is 866. The van der Waals surface area contributed by atoms with E-state index in [2.05, 4.69) is 6.07 Å². The van der Waals surface area contributed by atoms with Crippen LogP contribution in [0.2, 0.25) is 0 Å². The van der Waals surface area contributed by atoms with Gasteiger partial charge >= 0.3 is 0 Å². The summed E-state index contributed by atoms with van der Waals surface area (Å²) in [6, 6.07) is 19.1. The molecule has 0 atom stereocenters. The van der Waals surface area contributed by atoms with E-state index in [1.54, 1.807) is 34.9 Å². The molecule has 0 radical (unpaired) electrons. The minimum atomic E-state index is -0.339. The fourth-order valence-electron chi connectivity index (χ4n) is 2.31. The molecule has 23 heavy (non-hydrogen) atoms. The Labute approximate surface area is 133 Å². The van der Waals surface area contributed by atoms with E-state index < -0.39 is 0 Å². The van der Waals surface area contributed by atoms with E-state index in [1.165, 1.54) is 12.1 Å². The first kappa shape index (κ1) is 14.7. The van der Waals surface area contributed by atoms with Gasteiger partial charge in [-0.05, 0) is 18.2 Å². The molecule has 3 aromatic rings. The number of nitriles is 1. The number of nitrogens with zero attached hydrogens (tertiary/aromatic N) is 2. The fourth-order valence-corrected chi connectivity index (χ4v) is 2.31. The van der Waals surface area contributed by atoms with Crippen LogP contribution in [0.25, 0.3) is 0 Å². The maximum absolute atomic E-state index is 13.9. The lowest BCUT2D eigenvalue weighted by Gasteiger charge is -2.13. The number of hydrogen-bond donors (Lipinski definition) is 1. The Morgan fingerprint density at radius 3 is 2.48 bits per heavy atom. The smallest absolute Gasteiger partial charge is 0.224 e. The average molecular weight is 307 g/mol. The van der Waals surface area contributed by atoms with Crippen molar-refractivity contribution < 1.29 is 9.13 Å². The highest BCUT2D eigenvalue weighted by Gasteiger charge is 2.16. The van der Waals surface area contributed by atoms with Crippen molar-refractivity contribution in [1.82, 2.24) is 4.57 Å². The van der Waals surface area contributed by atoms with Crippen LogP contribution in [0.1, 0.15) is 11.3 Å². The van der Waals surface area contributed by atoms with Crippen molar-refractivity contribution in [2.45, 2.75) is 6.54 Å². The quantitative estimate of drug-likeness (QED) is 0.794. The lowest BCUT2D eigenvalue weighted by Crippen LogP contribution is -2.06. The fraction of sp³-hybridized carbons (Fsp3) is 0.0556. The number of para-hydroxylation sites is 1. The van der Waals surface area contributed by atoms with Crippen molar-refractivity contribution in [3.05, 3.63) is 77.7 Å². The number of benzene rings is 2. The van der Waals surface area contributed by atoms with Gasteiger partial charge in [-0.3, -0.25) is 4.57 Å². The third-order valence-electron chi connectivity index (χ3n) is 3.43. The Morgan fingerprint density at radius 1 is 1.09 bits per heavy atom. The van der Waals surface area contributed by atoms with E-state index in [-0.39, 0.29) is 12.4 Å². The first-order chi connectivity index (χ1) is 11.2. The van der Waals surface area contributed by atoms with Gasteiger partial charge in [-0.25, -0.2) is 4.39 Å². The molecule has 0 spiro atoms. The van der Waals surface area contributed by atoms with Crippen LogP contribution in [-0.2, 0) is 6.54 Å². The highest BCUT2D eigenvalue weighted by atomic mass is 19.1. The Morgan fingerprint density at radius 2 is 1.78 bits per heavy atom. The minimum absolute atomic E-state index is 0.162. The van der Waals surface area contributed by atoms with Gasteiger partial charge in [0.1, 0.15) is 23.3 Å². The maximum atomic E-state index is 13.9. The molecule has 5 heteroatoms. The van der Waals surface area contributed by atoms with Crippen LogP contribution in [0, 0.1) is 17.1 Å². The van der Waals surface area contributed by atoms with Gasteiger partial charge in [-0.2, -0.15) is 5.26 Å². The normalized spacial score (nSPS) is 10.3. The molecule has 0 aliphatic carbocycles. The van der Waals surface area contributed by atoms with Gasteiger partial charge in [-0.15, -0.1) is 0 Å². The van der Waals surface area contributed by atoms with Crippen LogP contribution in [-0.4, -0.2) is 4.57 Å². The van der Waals surface area contributed by atoms with Gasteiger partial charge in [0, 0.05) is 11.6 Å². The molecule has 0 saturated carbocycles. The van der Waals surface area contributed by atoms with Gasteiger partial charge in [0.15, 0.2) is 0 Å². The summed E-state index contributed by atoms with van der Waals surface area (Å²) in [7, 11) is 0. The number of ether oxygens (including phenoxy) is 1. The number of rotatable bonds is 4. The number of halogens is 1. The van der Waals surface area contributed by atoms with Crippen molar-refractivity contribution in [3.8, 4) is 17.7 Å². The van der Waals surface area contributed by atoms with Gasteiger partial charge < -0.3 is 10.5 Å². The molecule has 3 rings (SSSR count). The standard InChI is InChI=1S/C18H14FN3O/c19-16-9-5-4-6-13(16)12-22-14(11-20)10-17(21)18(22)23-15-7-2-1-3-8-15/h1-10H,12,21H2. The molecule has 114 valence electrons. The molecule has 0 fully saturated rings. The largest absolute Gasteiger partial charge is 0.439 e. The van der Waals surface area contributed by atoms with Gasteiger partial charge in [0.05, 0.1) is 12.2 Å². The van der Waals surface area contributed by atoms with Crippen LogP contribution < -0.4 is 10.5 Å². The molecule has 0 amide bonds. The van der Waals surface area contributed by atoms with Crippen molar-refractivity contribution in [1.29, 1.82) is 5.26 Å². The monoisotopic (exact) mass is 307 g/mol. The third-order valence-corrected chi connectivity index (χ3v) is 3.43. The van der Waals surface area contributed by atoms with Crippen molar-refractivity contribution in [2.75, 3.05) is 5.73 Å². The molecule has 0 saturated heterocycles. The second-order valence-corrected chi connectivity index (χ2v) is 4.99. The Kier molecular flexibility index (Phi) is 3.98. The van der Waals surface area contributed by atoms with Crippen molar-refractivity contribution in [3.63, 3.8) is 0 Å².